The summed E-state index contributed by atoms with van der Waals surface area (Å²) in [5, 5.41) is 14.2. The number of aliphatic hydroxyl groups is 1. The summed E-state index contributed by atoms with van der Waals surface area (Å²) in [5.74, 6) is 0. The first kappa shape index (κ1) is 13.2. The summed E-state index contributed by atoms with van der Waals surface area (Å²) in [4.78, 5) is 12.8. The van der Waals surface area contributed by atoms with Crippen molar-refractivity contribution in [1.82, 2.24) is 14.7 Å². The third-order valence-electron chi connectivity index (χ3n) is 2.26. The quantitative estimate of drug-likeness (QED) is 0.768. The number of likely N-dealkylation sites (N-methyl/N-ethyl adjacent to an activating group) is 1. The fourth-order valence-corrected chi connectivity index (χ4v) is 1.72. The highest BCUT2D eigenvalue weighted by Crippen LogP contribution is 2.26. The van der Waals surface area contributed by atoms with Gasteiger partial charge < -0.3 is 10.0 Å². The molecule has 0 spiro atoms. The second-order valence-electron chi connectivity index (χ2n) is 4.13. The van der Waals surface area contributed by atoms with Gasteiger partial charge in [-0.1, -0.05) is 11.6 Å². The van der Waals surface area contributed by atoms with Crippen LogP contribution in [0.25, 0.3) is 0 Å². The number of hydrogen-bond donors (Lipinski definition) is 1. The Morgan fingerprint density at radius 1 is 1.69 bits per heavy atom. The zero-order valence-corrected chi connectivity index (χ0v) is 10.4. The van der Waals surface area contributed by atoms with E-state index in [1.807, 2.05) is 19.0 Å². The Morgan fingerprint density at radius 3 is 2.81 bits per heavy atom. The Bertz CT molecular complexity index is 374. The molecule has 0 aliphatic carbocycles. The lowest BCUT2D eigenvalue weighted by molar-refractivity contribution is -0.123. The van der Waals surface area contributed by atoms with Gasteiger partial charge in [0, 0.05) is 6.54 Å². The van der Waals surface area contributed by atoms with Gasteiger partial charge in [0.25, 0.3) is 0 Å². The highest BCUT2D eigenvalue weighted by atomic mass is 35.5. The average molecular weight is 246 g/mol. The van der Waals surface area contributed by atoms with E-state index in [1.165, 1.54) is 13.1 Å². The van der Waals surface area contributed by atoms with Gasteiger partial charge in [-0.05, 0) is 21.0 Å². The second-order valence-corrected chi connectivity index (χ2v) is 4.54. The smallest absolute Gasteiger partial charge is 0.160 e. The van der Waals surface area contributed by atoms with Crippen molar-refractivity contribution in [3.8, 4) is 0 Å². The predicted molar refractivity (Wildman–Crippen MR) is 61.4 cm³/mol. The van der Waals surface area contributed by atoms with E-state index in [2.05, 4.69) is 5.10 Å². The van der Waals surface area contributed by atoms with Gasteiger partial charge in [0.05, 0.1) is 23.5 Å². The molecule has 1 N–H and O–H groups in total. The summed E-state index contributed by atoms with van der Waals surface area (Å²) in [6.07, 6.45) is 1.90. The van der Waals surface area contributed by atoms with E-state index in [4.69, 9.17) is 11.6 Å². The van der Waals surface area contributed by atoms with Crippen molar-refractivity contribution in [3.63, 3.8) is 0 Å². The molecule has 90 valence electrons. The summed E-state index contributed by atoms with van der Waals surface area (Å²) in [6, 6.07) is 0. The zero-order valence-electron chi connectivity index (χ0n) is 9.64. The molecule has 0 fully saturated rings. The van der Waals surface area contributed by atoms with E-state index in [-0.39, 0.29) is 0 Å². The fraction of sp³-hybridized carbons (Fsp3) is 0.600. The van der Waals surface area contributed by atoms with Crippen LogP contribution in [0.15, 0.2) is 6.20 Å². The maximum Gasteiger partial charge on any atom is 0.160 e. The van der Waals surface area contributed by atoms with Crippen molar-refractivity contribution in [1.29, 1.82) is 0 Å². The minimum Gasteiger partial charge on any atom is -0.376 e. The lowest BCUT2D eigenvalue weighted by atomic mass is 10.1. The Kier molecular flexibility index (Phi) is 4.07. The number of aromatic nitrogens is 2. The molecule has 0 saturated carbocycles. The molecule has 6 heteroatoms. The lowest BCUT2D eigenvalue weighted by Crippen LogP contribution is -2.29. The lowest BCUT2D eigenvalue weighted by Gasteiger charge is -2.19. The molecule has 5 nitrogen and oxygen atoms in total. The third kappa shape index (κ3) is 2.81. The number of carbonyl (C=O) groups excluding carboxylic acids is 1. The van der Waals surface area contributed by atoms with E-state index in [0.29, 0.717) is 23.5 Å². The number of aldehydes is 1. The van der Waals surface area contributed by atoms with E-state index < -0.39 is 5.60 Å². The van der Waals surface area contributed by atoms with Crippen LogP contribution in [0.3, 0.4) is 0 Å². The largest absolute Gasteiger partial charge is 0.376 e. The Morgan fingerprint density at radius 2 is 2.31 bits per heavy atom. The average Bonchev–Trinajstić information content (AvgIpc) is 2.57. The Hall–Kier alpha value is -0.910. The van der Waals surface area contributed by atoms with Crippen molar-refractivity contribution in [3.05, 3.63) is 16.9 Å². The molecular formula is C10H16ClN3O2. The molecule has 0 amide bonds. The van der Waals surface area contributed by atoms with Crippen molar-refractivity contribution in [2.24, 2.45) is 0 Å². The number of rotatable bonds is 5. The highest BCUT2D eigenvalue weighted by molar-refractivity contribution is 6.31. The molecule has 1 rings (SSSR count). The van der Waals surface area contributed by atoms with Crippen LogP contribution in [-0.4, -0.2) is 46.7 Å². The number of carbonyl (C=O) groups is 1. The topological polar surface area (TPSA) is 58.4 Å². The fourth-order valence-electron chi connectivity index (χ4n) is 1.39. The summed E-state index contributed by atoms with van der Waals surface area (Å²) in [6.45, 7) is 2.72. The van der Waals surface area contributed by atoms with Crippen LogP contribution in [0, 0.1) is 0 Å². The van der Waals surface area contributed by atoms with Gasteiger partial charge in [-0.25, -0.2) is 0 Å². The van der Waals surface area contributed by atoms with Gasteiger partial charge in [-0.15, -0.1) is 0 Å². The highest BCUT2D eigenvalue weighted by Gasteiger charge is 2.29. The normalized spacial score (nSPS) is 15.1. The van der Waals surface area contributed by atoms with Crippen LogP contribution in [0.2, 0.25) is 5.02 Å². The molecule has 0 aliphatic rings. The van der Waals surface area contributed by atoms with Crippen LogP contribution in [0.4, 0.5) is 0 Å². The van der Waals surface area contributed by atoms with Gasteiger partial charge in [-0.3, -0.25) is 9.48 Å². The molecule has 1 aromatic rings. The van der Waals surface area contributed by atoms with Crippen LogP contribution in [0.1, 0.15) is 12.6 Å². The van der Waals surface area contributed by atoms with Crippen LogP contribution >= 0.6 is 11.6 Å². The number of halogens is 1. The van der Waals surface area contributed by atoms with Gasteiger partial charge >= 0.3 is 0 Å². The summed E-state index contributed by atoms with van der Waals surface area (Å²) in [5.41, 5.74) is -1.26. The van der Waals surface area contributed by atoms with E-state index in [9.17, 15) is 9.90 Å². The summed E-state index contributed by atoms with van der Waals surface area (Å²) < 4.78 is 1.55. The first-order valence-electron chi connectivity index (χ1n) is 4.93. The van der Waals surface area contributed by atoms with Gasteiger partial charge in [0.2, 0.25) is 0 Å². The van der Waals surface area contributed by atoms with E-state index in [0.717, 1.165) is 6.54 Å². The molecule has 0 saturated heterocycles. The van der Waals surface area contributed by atoms with Crippen LogP contribution < -0.4 is 0 Å². The van der Waals surface area contributed by atoms with Crippen molar-refractivity contribution < 1.29 is 9.90 Å². The zero-order chi connectivity index (χ0) is 12.3. The Labute approximate surface area is 99.6 Å². The first-order chi connectivity index (χ1) is 7.38. The van der Waals surface area contributed by atoms with Crippen LogP contribution in [-0.2, 0) is 16.9 Å². The monoisotopic (exact) mass is 245 g/mol. The van der Waals surface area contributed by atoms with Crippen molar-refractivity contribution in [2.45, 2.75) is 19.1 Å². The standard InChI is InChI=1S/C10H16ClN3O2/c1-10(16,7-15)9-8(11)6-12-14(9)5-4-13(2)3/h6-7,16H,4-5H2,1-3H3. The molecule has 16 heavy (non-hydrogen) atoms. The molecule has 0 aliphatic heterocycles. The van der Waals surface area contributed by atoms with Crippen LogP contribution in [0.5, 0.6) is 0 Å². The minimum atomic E-state index is -1.60. The maximum absolute atomic E-state index is 10.8. The molecule has 0 bridgehead atoms. The SMILES string of the molecule is CN(C)CCn1ncc(Cl)c1C(C)(O)C=O. The minimum absolute atomic E-state index is 0.302. The molecule has 1 aromatic heterocycles. The second kappa shape index (κ2) is 4.95. The van der Waals surface area contributed by atoms with Gasteiger partial charge in [0.1, 0.15) is 0 Å². The first-order valence-corrected chi connectivity index (χ1v) is 5.31. The molecule has 0 aromatic carbocycles. The number of hydrogen-bond acceptors (Lipinski definition) is 4. The molecule has 1 heterocycles. The predicted octanol–water partition coefficient (Wildman–Crippen LogP) is 0.504. The van der Waals surface area contributed by atoms with Gasteiger partial charge in [-0.2, -0.15) is 5.10 Å². The molecule has 1 atom stereocenters. The Balaban J connectivity index is 2.99. The molecule has 1 unspecified atom stereocenters. The molecule has 0 radical (unpaired) electrons. The summed E-state index contributed by atoms with van der Waals surface area (Å²) >= 11 is 5.91. The van der Waals surface area contributed by atoms with E-state index in [1.54, 1.807) is 4.68 Å². The van der Waals surface area contributed by atoms with Crippen molar-refractivity contribution >= 4 is 17.9 Å². The maximum atomic E-state index is 10.8. The van der Waals surface area contributed by atoms with Gasteiger partial charge in [0.15, 0.2) is 11.9 Å². The van der Waals surface area contributed by atoms with E-state index >= 15 is 0 Å². The summed E-state index contributed by atoms with van der Waals surface area (Å²) in [7, 11) is 3.87. The molecular weight excluding hydrogens is 230 g/mol. The van der Waals surface area contributed by atoms with Crippen molar-refractivity contribution in [2.75, 3.05) is 20.6 Å². The number of nitrogens with zero attached hydrogens (tertiary/aromatic N) is 3. The third-order valence-corrected chi connectivity index (χ3v) is 2.54.